The number of hydrogen-bond acceptors (Lipinski definition) is 3. The number of hydrogen-bond donors (Lipinski definition) is 1. The van der Waals surface area contributed by atoms with Crippen molar-refractivity contribution in [3.8, 4) is 0 Å². The van der Waals surface area contributed by atoms with Crippen LogP contribution >= 0.6 is 0 Å². The molecule has 0 aliphatic heterocycles. The normalized spacial score (nSPS) is 11.8. The van der Waals surface area contributed by atoms with Gasteiger partial charge in [0.05, 0.1) is 11.7 Å². The molecule has 0 saturated heterocycles. The van der Waals surface area contributed by atoms with Crippen molar-refractivity contribution in [3.05, 3.63) is 36.1 Å². The highest BCUT2D eigenvalue weighted by Gasteiger charge is 2.34. The summed E-state index contributed by atoms with van der Waals surface area (Å²) in [5, 5.41) is 2.06. The highest BCUT2D eigenvalue weighted by molar-refractivity contribution is 5.93. The molecule has 17 heavy (non-hydrogen) atoms. The van der Waals surface area contributed by atoms with Crippen molar-refractivity contribution >= 4 is 16.9 Å². The summed E-state index contributed by atoms with van der Waals surface area (Å²) >= 11 is 0. The van der Waals surface area contributed by atoms with Crippen molar-refractivity contribution in [2.45, 2.75) is 19.3 Å². The minimum absolute atomic E-state index is 0.149. The summed E-state index contributed by atoms with van der Waals surface area (Å²) in [5.74, 6) is 5.38. The summed E-state index contributed by atoms with van der Waals surface area (Å²) in [6, 6.07) is 7.65. The third-order valence-electron chi connectivity index (χ3n) is 3.01. The Kier molecular flexibility index (Phi) is 2.67. The molecule has 0 aliphatic rings. The van der Waals surface area contributed by atoms with E-state index in [0.29, 0.717) is 0 Å². The van der Waals surface area contributed by atoms with Gasteiger partial charge in [-0.3, -0.25) is 9.80 Å². The minimum atomic E-state index is -0.698. The van der Waals surface area contributed by atoms with Gasteiger partial charge in [0, 0.05) is 18.0 Å². The van der Waals surface area contributed by atoms with Crippen LogP contribution in [-0.4, -0.2) is 18.0 Å². The first-order chi connectivity index (χ1) is 7.94. The Morgan fingerprint density at radius 3 is 2.65 bits per heavy atom. The predicted molar refractivity (Wildman–Crippen MR) is 66.2 cm³/mol. The molecule has 0 spiro atoms. The first-order valence-electron chi connectivity index (χ1n) is 5.44. The zero-order chi connectivity index (χ0) is 12.6. The van der Waals surface area contributed by atoms with E-state index in [4.69, 9.17) is 10.3 Å². The number of carbonyl (C=O) groups is 1. The third-order valence-corrected chi connectivity index (χ3v) is 3.01. The second kappa shape index (κ2) is 3.89. The first kappa shape index (κ1) is 11.7. The van der Waals surface area contributed by atoms with Crippen LogP contribution in [-0.2, 0) is 10.2 Å². The van der Waals surface area contributed by atoms with Crippen LogP contribution in [0.5, 0.6) is 0 Å². The molecule has 0 bridgehead atoms. The summed E-state index contributed by atoms with van der Waals surface area (Å²) in [5.41, 5.74) is 0.939. The quantitative estimate of drug-likeness (QED) is 0.489. The van der Waals surface area contributed by atoms with E-state index in [1.165, 1.54) is 0 Å². The number of nitrogens with two attached hydrogens (primary N) is 1. The van der Waals surface area contributed by atoms with Gasteiger partial charge in [0.1, 0.15) is 5.58 Å². The molecule has 4 nitrogen and oxygen atoms in total. The molecule has 0 aliphatic carbocycles. The Bertz CT molecular complexity index is 555. The number of amides is 1. The van der Waals surface area contributed by atoms with Gasteiger partial charge < -0.3 is 4.42 Å². The second-order valence-electron chi connectivity index (χ2n) is 4.69. The molecular formula is C13H16N2O2. The second-order valence-corrected chi connectivity index (χ2v) is 4.69. The average Bonchev–Trinajstić information content (AvgIpc) is 2.72. The van der Waals surface area contributed by atoms with Crippen LogP contribution in [0.15, 0.2) is 34.9 Å². The molecule has 2 N–H and O–H groups in total. The van der Waals surface area contributed by atoms with Gasteiger partial charge >= 0.3 is 0 Å². The maximum Gasteiger partial charge on any atom is 0.246 e. The Balaban J connectivity index is 2.56. The highest BCUT2D eigenvalue weighted by Crippen LogP contribution is 2.32. The summed E-state index contributed by atoms with van der Waals surface area (Å²) < 4.78 is 5.45. The summed E-state index contributed by atoms with van der Waals surface area (Å²) in [6.07, 6.45) is 1.63. The van der Waals surface area contributed by atoms with Crippen molar-refractivity contribution in [3.63, 3.8) is 0 Å². The number of furan rings is 1. The SMILES string of the molecule is CN(N)C(=O)C(C)(C)c1coc2ccccc12. The molecule has 1 amide bonds. The number of carbonyl (C=O) groups excluding carboxylic acids is 1. The number of likely N-dealkylation sites (N-methyl/N-ethyl adjacent to an activating group) is 1. The lowest BCUT2D eigenvalue weighted by molar-refractivity contribution is -0.135. The number of hydrazine groups is 1. The van der Waals surface area contributed by atoms with Crippen molar-refractivity contribution in [2.75, 3.05) is 7.05 Å². The number of benzene rings is 1. The smallest absolute Gasteiger partial charge is 0.246 e. The van der Waals surface area contributed by atoms with E-state index in [0.717, 1.165) is 21.5 Å². The van der Waals surface area contributed by atoms with E-state index in [2.05, 4.69) is 0 Å². The monoisotopic (exact) mass is 232 g/mol. The molecule has 0 fully saturated rings. The van der Waals surface area contributed by atoms with Gasteiger partial charge in [-0.15, -0.1) is 0 Å². The molecular weight excluding hydrogens is 216 g/mol. The van der Waals surface area contributed by atoms with Crippen LogP contribution in [0.1, 0.15) is 19.4 Å². The fraction of sp³-hybridized carbons (Fsp3) is 0.308. The van der Waals surface area contributed by atoms with E-state index in [1.54, 1.807) is 13.3 Å². The van der Waals surface area contributed by atoms with Crippen molar-refractivity contribution < 1.29 is 9.21 Å². The van der Waals surface area contributed by atoms with Crippen molar-refractivity contribution in [1.29, 1.82) is 0 Å². The van der Waals surface area contributed by atoms with Crippen molar-refractivity contribution in [1.82, 2.24) is 5.01 Å². The van der Waals surface area contributed by atoms with Crippen LogP contribution in [0.25, 0.3) is 11.0 Å². The molecule has 0 unspecified atom stereocenters. The van der Waals surface area contributed by atoms with Gasteiger partial charge in [-0.25, -0.2) is 5.84 Å². The zero-order valence-electron chi connectivity index (χ0n) is 10.2. The molecule has 2 rings (SSSR count). The zero-order valence-corrected chi connectivity index (χ0v) is 10.2. The Morgan fingerprint density at radius 2 is 2.00 bits per heavy atom. The fourth-order valence-corrected chi connectivity index (χ4v) is 2.02. The number of nitrogens with zero attached hydrogens (tertiary/aromatic N) is 1. The minimum Gasteiger partial charge on any atom is -0.464 e. The molecule has 0 atom stereocenters. The first-order valence-corrected chi connectivity index (χ1v) is 5.44. The van der Waals surface area contributed by atoms with Gasteiger partial charge in [0.25, 0.3) is 0 Å². The Labute approximate surface area is 100.0 Å². The van der Waals surface area contributed by atoms with E-state index in [-0.39, 0.29) is 5.91 Å². The van der Waals surface area contributed by atoms with Gasteiger partial charge in [-0.2, -0.15) is 0 Å². The van der Waals surface area contributed by atoms with Gasteiger partial charge in [0.2, 0.25) is 5.91 Å². The molecule has 0 radical (unpaired) electrons. The van der Waals surface area contributed by atoms with Crippen molar-refractivity contribution in [2.24, 2.45) is 5.84 Å². The molecule has 2 aromatic rings. The van der Waals surface area contributed by atoms with Crippen LogP contribution in [0.3, 0.4) is 0 Å². The van der Waals surface area contributed by atoms with Crippen LogP contribution in [0, 0.1) is 0 Å². The fourth-order valence-electron chi connectivity index (χ4n) is 2.02. The van der Waals surface area contributed by atoms with E-state index in [9.17, 15) is 4.79 Å². The van der Waals surface area contributed by atoms with E-state index >= 15 is 0 Å². The molecule has 1 aromatic carbocycles. The largest absolute Gasteiger partial charge is 0.464 e. The predicted octanol–water partition coefficient (Wildman–Crippen LogP) is 2.04. The molecule has 1 aromatic heterocycles. The highest BCUT2D eigenvalue weighted by atomic mass is 16.3. The summed E-state index contributed by atoms with van der Waals surface area (Å²) in [4.78, 5) is 12.1. The lowest BCUT2D eigenvalue weighted by Gasteiger charge is -2.25. The molecule has 90 valence electrons. The van der Waals surface area contributed by atoms with Gasteiger partial charge in [-0.05, 0) is 19.9 Å². The lowest BCUT2D eigenvalue weighted by atomic mass is 9.83. The van der Waals surface area contributed by atoms with E-state index < -0.39 is 5.41 Å². The Morgan fingerprint density at radius 1 is 1.35 bits per heavy atom. The maximum absolute atomic E-state index is 12.1. The average molecular weight is 232 g/mol. The number of rotatable bonds is 2. The Hall–Kier alpha value is -1.81. The third kappa shape index (κ3) is 1.80. The van der Waals surface area contributed by atoms with Crippen LogP contribution in [0.2, 0.25) is 0 Å². The summed E-state index contributed by atoms with van der Waals surface area (Å²) in [6.45, 7) is 3.69. The lowest BCUT2D eigenvalue weighted by Crippen LogP contribution is -2.44. The van der Waals surface area contributed by atoms with Crippen LogP contribution in [0.4, 0.5) is 0 Å². The molecule has 1 heterocycles. The molecule has 4 heteroatoms. The molecule has 0 saturated carbocycles. The van der Waals surface area contributed by atoms with E-state index in [1.807, 2.05) is 38.1 Å². The maximum atomic E-state index is 12.1. The van der Waals surface area contributed by atoms with Gasteiger partial charge in [-0.1, -0.05) is 18.2 Å². The summed E-state index contributed by atoms with van der Waals surface area (Å²) in [7, 11) is 1.55. The number of fused-ring (bicyclic) bond motifs is 1. The van der Waals surface area contributed by atoms with Gasteiger partial charge in [0.15, 0.2) is 0 Å². The number of para-hydroxylation sites is 1. The topological polar surface area (TPSA) is 59.5 Å². The van der Waals surface area contributed by atoms with Crippen LogP contribution < -0.4 is 5.84 Å². The standard InChI is InChI=1S/C13H16N2O2/c1-13(2,12(16)15(3)14)10-8-17-11-7-5-4-6-9(10)11/h4-8H,14H2,1-3H3.